The first-order valence-corrected chi connectivity index (χ1v) is 8.17. The molecule has 0 spiro atoms. The highest BCUT2D eigenvalue weighted by Gasteiger charge is 2.36. The predicted molar refractivity (Wildman–Crippen MR) is 78.8 cm³/mol. The van der Waals surface area contributed by atoms with Crippen LogP contribution in [0.15, 0.2) is 0 Å². The third-order valence-corrected chi connectivity index (χ3v) is 5.29. The molecule has 2 fully saturated rings. The molecule has 2 saturated carbocycles. The molecule has 2 aliphatic carbocycles. The van der Waals surface area contributed by atoms with E-state index in [1.54, 1.807) is 0 Å². The van der Waals surface area contributed by atoms with E-state index in [1.165, 1.54) is 51.4 Å². The standard InChI is InChI=1S/C16H30N2O/c1-16(10-6-3-7-11-16)15(19)18-14(12-17)13-8-4-2-5-9-13/h13-14H,2-12,17H2,1H3,(H,18,19). The van der Waals surface area contributed by atoms with Gasteiger partial charge in [0.1, 0.15) is 0 Å². The Bertz CT molecular complexity index is 291. The zero-order valence-electron chi connectivity index (χ0n) is 12.4. The van der Waals surface area contributed by atoms with E-state index in [0.717, 1.165) is 12.8 Å². The average Bonchev–Trinajstić information content (AvgIpc) is 2.46. The van der Waals surface area contributed by atoms with Gasteiger partial charge in [-0.15, -0.1) is 0 Å². The first-order chi connectivity index (χ1) is 9.15. The van der Waals surface area contributed by atoms with E-state index < -0.39 is 0 Å². The molecule has 0 heterocycles. The van der Waals surface area contributed by atoms with Crippen LogP contribution in [0.2, 0.25) is 0 Å². The topological polar surface area (TPSA) is 55.1 Å². The van der Waals surface area contributed by atoms with E-state index in [4.69, 9.17) is 5.73 Å². The molecule has 2 rings (SSSR count). The maximum atomic E-state index is 12.6. The third-order valence-electron chi connectivity index (χ3n) is 5.29. The lowest BCUT2D eigenvalue weighted by Gasteiger charge is -2.36. The number of hydrogen-bond donors (Lipinski definition) is 2. The van der Waals surface area contributed by atoms with Gasteiger partial charge in [-0.05, 0) is 31.6 Å². The monoisotopic (exact) mass is 266 g/mol. The molecule has 0 aliphatic heterocycles. The minimum absolute atomic E-state index is 0.139. The molecule has 1 unspecified atom stereocenters. The van der Waals surface area contributed by atoms with Crippen molar-refractivity contribution in [1.82, 2.24) is 5.32 Å². The van der Waals surface area contributed by atoms with E-state index in [9.17, 15) is 4.79 Å². The van der Waals surface area contributed by atoms with Crippen LogP contribution in [0.4, 0.5) is 0 Å². The van der Waals surface area contributed by atoms with Crippen LogP contribution in [-0.4, -0.2) is 18.5 Å². The molecule has 19 heavy (non-hydrogen) atoms. The molecule has 0 aromatic carbocycles. The molecule has 0 radical (unpaired) electrons. The molecule has 1 atom stereocenters. The van der Waals surface area contributed by atoms with Crippen LogP contribution in [0.5, 0.6) is 0 Å². The van der Waals surface area contributed by atoms with Gasteiger partial charge in [0.2, 0.25) is 5.91 Å². The Balaban J connectivity index is 1.91. The van der Waals surface area contributed by atoms with Gasteiger partial charge < -0.3 is 11.1 Å². The van der Waals surface area contributed by atoms with Gasteiger partial charge in [-0.25, -0.2) is 0 Å². The summed E-state index contributed by atoms with van der Waals surface area (Å²) in [6.45, 7) is 2.72. The number of hydrogen-bond acceptors (Lipinski definition) is 2. The summed E-state index contributed by atoms with van der Waals surface area (Å²) in [7, 11) is 0. The minimum Gasteiger partial charge on any atom is -0.351 e. The maximum absolute atomic E-state index is 12.6. The van der Waals surface area contributed by atoms with Crippen LogP contribution in [-0.2, 0) is 4.79 Å². The van der Waals surface area contributed by atoms with Crippen molar-refractivity contribution in [2.24, 2.45) is 17.1 Å². The lowest BCUT2D eigenvalue weighted by Crippen LogP contribution is -2.51. The van der Waals surface area contributed by atoms with Crippen molar-refractivity contribution in [3.05, 3.63) is 0 Å². The summed E-state index contributed by atoms with van der Waals surface area (Å²) in [5, 5.41) is 3.28. The lowest BCUT2D eigenvalue weighted by molar-refractivity contribution is -0.133. The molecule has 0 aromatic rings. The van der Waals surface area contributed by atoms with E-state index in [0.29, 0.717) is 12.5 Å². The molecule has 0 saturated heterocycles. The van der Waals surface area contributed by atoms with Crippen molar-refractivity contribution in [1.29, 1.82) is 0 Å². The van der Waals surface area contributed by atoms with Crippen molar-refractivity contribution in [3.63, 3.8) is 0 Å². The molecule has 3 nitrogen and oxygen atoms in total. The lowest BCUT2D eigenvalue weighted by atomic mass is 9.74. The van der Waals surface area contributed by atoms with Crippen molar-refractivity contribution in [2.45, 2.75) is 77.2 Å². The van der Waals surface area contributed by atoms with Crippen molar-refractivity contribution >= 4 is 5.91 Å². The van der Waals surface area contributed by atoms with Crippen LogP contribution in [0, 0.1) is 11.3 Å². The summed E-state index contributed by atoms with van der Waals surface area (Å²) >= 11 is 0. The Labute approximate surface area is 117 Å². The number of nitrogens with two attached hydrogens (primary N) is 1. The van der Waals surface area contributed by atoms with Crippen LogP contribution >= 0.6 is 0 Å². The molecule has 2 aliphatic rings. The Hall–Kier alpha value is -0.570. The Morgan fingerprint density at radius 2 is 1.74 bits per heavy atom. The fraction of sp³-hybridized carbons (Fsp3) is 0.938. The molecule has 3 N–H and O–H groups in total. The Morgan fingerprint density at radius 3 is 2.32 bits per heavy atom. The molecule has 110 valence electrons. The quantitative estimate of drug-likeness (QED) is 0.822. The largest absolute Gasteiger partial charge is 0.351 e. The first kappa shape index (κ1) is 14.8. The first-order valence-electron chi connectivity index (χ1n) is 8.17. The van der Waals surface area contributed by atoms with Gasteiger partial charge in [-0.2, -0.15) is 0 Å². The van der Waals surface area contributed by atoms with Crippen LogP contribution in [0.3, 0.4) is 0 Å². The highest BCUT2D eigenvalue weighted by molar-refractivity contribution is 5.82. The molecular weight excluding hydrogens is 236 g/mol. The summed E-state index contributed by atoms with van der Waals surface area (Å²) < 4.78 is 0. The number of carbonyl (C=O) groups excluding carboxylic acids is 1. The second-order valence-electron chi connectivity index (χ2n) is 6.84. The average molecular weight is 266 g/mol. The second kappa shape index (κ2) is 6.74. The molecule has 0 aromatic heterocycles. The number of carbonyl (C=O) groups is 1. The van der Waals surface area contributed by atoms with Crippen LogP contribution < -0.4 is 11.1 Å². The van der Waals surface area contributed by atoms with Crippen molar-refractivity contribution in [3.8, 4) is 0 Å². The molecule has 0 bridgehead atoms. The fourth-order valence-corrected chi connectivity index (χ4v) is 3.81. The smallest absolute Gasteiger partial charge is 0.226 e. The van der Waals surface area contributed by atoms with Gasteiger partial charge >= 0.3 is 0 Å². The summed E-state index contributed by atoms with van der Waals surface area (Å²) in [4.78, 5) is 12.6. The normalized spacial score (nSPS) is 25.8. The van der Waals surface area contributed by atoms with Crippen molar-refractivity contribution < 1.29 is 4.79 Å². The van der Waals surface area contributed by atoms with Crippen LogP contribution in [0.25, 0.3) is 0 Å². The maximum Gasteiger partial charge on any atom is 0.226 e. The SMILES string of the molecule is CC1(C(=O)NC(CN)C2CCCCC2)CCCCC1. The zero-order valence-corrected chi connectivity index (χ0v) is 12.4. The van der Waals surface area contributed by atoms with Crippen molar-refractivity contribution in [2.75, 3.05) is 6.54 Å². The number of rotatable bonds is 4. The highest BCUT2D eigenvalue weighted by atomic mass is 16.2. The van der Waals surface area contributed by atoms with E-state index in [1.807, 2.05) is 0 Å². The summed E-state index contributed by atoms with van der Waals surface area (Å²) in [5.41, 5.74) is 5.77. The van der Waals surface area contributed by atoms with Gasteiger partial charge in [-0.1, -0.05) is 45.4 Å². The van der Waals surface area contributed by atoms with E-state index in [2.05, 4.69) is 12.2 Å². The molecule has 1 amide bonds. The molecule has 3 heteroatoms. The van der Waals surface area contributed by atoms with E-state index >= 15 is 0 Å². The van der Waals surface area contributed by atoms with Gasteiger partial charge in [0.25, 0.3) is 0 Å². The molecular formula is C16H30N2O. The minimum atomic E-state index is -0.139. The number of amides is 1. The fourth-order valence-electron chi connectivity index (χ4n) is 3.81. The summed E-state index contributed by atoms with van der Waals surface area (Å²) in [6, 6.07) is 0.201. The predicted octanol–water partition coefficient (Wildman–Crippen LogP) is 2.98. The van der Waals surface area contributed by atoms with Gasteiger partial charge in [0.15, 0.2) is 0 Å². The Kier molecular flexibility index (Phi) is 5.26. The highest BCUT2D eigenvalue weighted by Crippen LogP contribution is 2.36. The Morgan fingerprint density at radius 1 is 1.16 bits per heavy atom. The van der Waals surface area contributed by atoms with E-state index in [-0.39, 0.29) is 17.4 Å². The van der Waals surface area contributed by atoms with Gasteiger partial charge in [-0.3, -0.25) is 4.79 Å². The van der Waals surface area contributed by atoms with Crippen LogP contribution in [0.1, 0.15) is 71.1 Å². The second-order valence-corrected chi connectivity index (χ2v) is 6.84. The summed E-state index contributed by atoms with van der Waals surface area (Å²) in [6.07, 6.45) is 12.2. The number of nitrogens with one attached hydrogen (secondary N) is 1. The third kappa shape index (κ3) is 3.71. The zero-order chi connectivity index (χ0) is 13.7. The van der Waals surface area contributed by atoms with Gasteiger partial charge in [0, 0.05) is 18.0 Å². The van der Waals surface area contributed by atoms with Gasteiger partial charge in [0.05, 0.1) is 0 Å². The summed E-state index contributed by atoms with van der Waals surface area (Å²) in [5.74, 6) is 0.864.